The summed E-state index contributed by atoms with van der Waals surface area (Å²) in [4.78, 5) is 0. The molecular formula is C12H21BrO2. The fraction of sp³-hybridized carbons (Fsp3) is 1.00. The molecule has 2 aliphatic rings. The molecule has 0 aromatic carbocycles. The van der Waals surface area contributed by atoms with Crippen LogP contribution in [-0.2, 0) is 9.47 Å². The summed E-state index contributed by atoms with van der Waals surface area (Å²) in [6, 6.07) is 0. The van der Waals surface area contributed by atoms with Gasteiger partial charge in [0.05, 0.1) is 5.60 Å². The first-order chi connectivity index (χ1) is 7.35. The van der Waals surface area contributed by atoms with Crippen LogP contribution in [0, 0.1) is 5.92 Å². The first-order valence-corrected chi connectivity index (χ1v) is 7.24. The summed E-state index contributed by atoms with van der Waals surface area (Å²) in [5, 5.41) is 0.951. The molecule has 0 radical (unpaired) electrons. The zero-order chi connectivity index (χ0) is 10.6. The Labute approximate surface area is 101 Å². The molecule has 15 heavy (non-hydrogen) atoms. The van der Waals surface area contributed by atoms with Gasteiger partial charge in [0, 0.05) is 38.0 Å². The van der Waals surface area contributed by atoms with E-state index in [4.69, 9.17) is 9.47 Å². The van der Waals surface area contributed by atoms with E-state index in [1.807, 2.05) is 0 Å². The third-order valence-electron chi connectivity index (χ3n) is 3.51. The van der Waals surface area contributed by atoms with E-state index in [1.165, 1.54) is 25.7 Å². The molecule has 0 aromatic rings. The Morgan fingerprint density at radius 1 is 1.27 bits per heavy atom. The Bertz CT molecular complexity index is 186. The molecule has 2 fully saturated rings. The van der Waals surface area contributed by atoms with Gasteiger partial charge in [-0.3, -0.25) is 0 Å². The largest absolute Gasteiger partial charge is 0.381 e. The van der Waals surface area contributed by atoms with Gasteiger partial charge in [0.15, 0.2) is 0 Å². The van der Waals surface area contributed by atoms with Crippen molar-refractivity contribution in [3.63, 3.8) is 0 Å². The summed E-state index contributed by atoms with van der Waals surface area (Å²) in [5.74, 6) is 1.03. The SMILES string of the molecule is BrCC1(OCCCC2CC2)CCOCC1. The van der Waals surface area contributed by atoms with Gasteiger partial charge < -0.3 is 9.47 Å². The summed E-state index contributed by atoms with van der Waals surface area (Å²) in [7, 11) is 0. The lowest BCUT2D eigenvalue weighted by Gasteiger charge is -2.35. The molecule has 0 atom stereocenters. The van der Waals surface area contributed by atoms with Gasteiger partial charge in [-0.2, -0.15) is 0 Å². The maximum Gasteiger partial charge on any atom is 0.0822 e. The fourth-order valence-electron chi connectivity index (χ4n) is 2.13. The molecule has 2 rings (SSSR count). The second-order valence-electron chi connectivity index (χ2n) is 4.86. The van der Waals surface area contributed by atoms with Crippen LogP contribution in [0.15, 0.2) is 0 Å². The van der Waals surface area contributed by atoms with E-state index in [9.17, 15) is 0 Å². The van der Waals surface area contributed by atoms with Gasteiger partial charge in [-0.1, -0.05) is 28.8 Å². The third-order valence-corrected chi connectivity index (χ3v) is 4.53. The molecule has 0 N–H and O–H groups in total. The topological polar surface area (TPSA) is 18.5 Å². The molecule has 1 saturated carbocycles. The highest BCUT2D eigenvalue weighted by Crippen LogP contribution is 2.34. The minimum Gasteiger partial charge on any atom is -0.381 e. The molecule has 0 unspecified atom stereocenters. The molecule has 1 saturated heterocycles. The van der Waals surface area contributed by atoms with E-state index in [0.717, 1.165) is 43.9 Å². The molecule has 0 bridgehead atoms. The first kappa shape index (κ1) is 11.9. The van der Waals surface area contributed by atoms with Crippen LogP contribution in [0.1, 0.15) is 38.5 Å². The van der Waals surface area contributed by atoms with Crippen LogP contribution < -0.4 is 0 Å². The first-order valence-electron chi connectivity index (χ1n) is 6.12. The summed E-state index contributed by atoms with van der Waals surface area (Å²) >= 11 is 3.58. The average molecular weight is 277 g/mol. The van der Waals surface area contributed by atoms with Crippen molar-refractivity contribution in [2.75, 3.05) is 25.2 Å². The molecule has 2 nitrogen and oxygen atoms in total. The maximum atomic E-state index is 6.07. The van der Waals surface area contributed by atoms with Gasteiger partial charge in [0.1, 0.15) is 0 Å². The van der Waals surface area contributed by atoms with E-state index in [1.54, 1.807) is 0 Å². The Morgan fingerprint density at radius 3 is 2.60 bits per heavy atom. The van der Waals surface area contributed by atoms with Gasteiger partial charge in [-0.05, 0) is 18.8 Å². The predicted octanol–water partition coefficient (Wildman–Crippen LogP) is 3.14. The number of ether oxygens (including phenoxy) is 2. The number of hydrogen-bond acceptors (Lipinski definition) is 2. The van der Waals surface area contributed by atoms with E-state index in [-0.39, 0.29) is 5.60 Å². The van der Waals surface area contributed by atoms with Crippen LogP contribution in [0.2, 0.25) is 0 Å². The van der Waals surface area contributed by atoms with Gasteiger partial charge in [0.2, 0.25) is 0 Å². The summed E-state index contributed by atoms with van der Waals surface area (Å²) in [5.41, 5.74) is 0.0712. The lowest BCUT2D eigenvalue weighted by molar-refractivity contribution is -0.0960. The van der Waals surface area contributed by atoms with E-state index >= 15 is 0 Å². The maximum absolute atomic E-state index is 6.07. The Kier molecular flexibility index (Phi) is 4.47. The van der Waals surface area contributed by atoms with Crippen LogP contribution in [0.5, 0.6) is 0 Å². The quantitative estimate of drug-likeness (QED) is 0.548. The van der Waals surface area contributed by atoms with Gasteiger partial charge in [-0.15, -0.1) is 0 Å². The minimum atomic E-state index is 0.0712. The standard InChI is InChI=1S/C12H21BrO2/c13-10-12(5-8-14-9-6-12)15-7-1-2-11-3-4-11/h11H,1-10H2. The highest BCUT2D eigenvalue weighted by Gasteiger charge is 2.32. The number of hydrogen-bond donors (Lipinski definition) is 0. The molecule has 88 valence electrons. The van der Waals surface area contributed by atoms with Crippen LogP contribution >= 0.6 is 15.9 Å². The van der Waals surface area contributed by atoms with E-state index < -0.39 is 0 Å². The van der Waals surface area contributed by atoms with Gasteiger partial charge in [0.25, 0.3) is 0 Å². The lowest BCUT2D eigenvalue weighted by Crippen LogP contribution is -2.41. The predicted molar refractivity (Wildman–Crippen MR) is 64.5 cm³/mol. The summed E-state index contributed by atoms with van der Waals surface area (Å²) < 4.78 is 11.5. The van der Waals surface area contributed by atoms with Crippen molar-refractivity contribution in [1.82, 2.24) is 0 Å². The zero-order valence-corrected chi connectivity index (χ0v) is 10.9. The molecule has 1 aliphatic carbocycles. The van der Waals surface area contributed by atoms with E-state index in [2.05, 4.69) is 15.9 Å². The highest BCUT2D eigenvalue weighted by molar-refractivity contribution is 9.09. The second kappa shape index (κ2) is 5.65. The smallest absolute Gasteiger partial charge is 0.0822 e. The molecule has 1 heterocycles. The Hall–Kier alpha value is 0.400. The fourth-order valence-corrected chi connectivity index (χ4v) is 2.85. The van der Waals surface area contributed by atoms with Gasteiger partial charge in [-0.25, -0.2) is 0 Å². The van der Waals surface area contributed by atoms with Crippen molar-refractivity contribution in [2.24, 2.45) is 5.92 Å². The van der Waals surface area contributed by atoms with Crippen LogP contribution in [0.4, 0.5) is 0 Å². The molecule has 0 amide bonds. The second-order valence-corrected chi connectivity index (χ2v) is 5.42. The van der Waals surface area contributed by atoms with Gasteiger partial charge >= 0.3 is 0 Å². The highest BCUT2D eigenvalue weighted by atomic mass is 79.9. The summed E-state index contributed by atoms with van der Waals surface area (Å²) in [6.45, 7) is 2.64. The molecule has 3 heteroatoms. The molecule has 0 aromatic heterocycles. The number of alkyl halides is 1. The van der Waals surface area contributed by atoms with Crippen LogP contribution in [0.3, 0.4) is 0 Å². The summed E-state index contributed by atoms with van der Waals surface area (Å²) in [6.07, 6.45) is 7.60. The van der Waals surface area contributed by atoms with Crippen LogP contribution in [0.25, 0.3) is 0 Å². The normalized spacial score (nSPS) is 25.4. The van der Waals surface area contributed by atoms with Crippen molar-refractivity contribution in [1.29, 1.82) is 0 Å². The van der Waals surface area contributed by atoms with Crippen molar-refractivity contribution in [3.8, 4) is 0 Å². The van der Waals surface area contributed by atoms with Crippen molar-refractivity contribution in [3.05, 3.63) is 0 Å². The zero-order valence-electron chi connectivity index (χ0n) is 9.34. The lowest BCUT2D eigenvalue weighted by atomic mass is 9.96. The average Bonchev–Trinajstić information content (AvgIpc) is 3.10. The van der Waals surface area contributed by atoms with E-state index in [0.29, 0.717) is 0 Å². The molecule has 1 aliphatic heterocycles. The molecule has 0 spiro atoms. The Morgan fingerprint density at radius 2 is 2.00 bits per heavy atom. The third kappa shape index (κ3) is 3.72. The van der Waals surface area contributed by atoms with Crippen molar-refractivity contribution in [2.45, 2.75) is 44.1 Å². The number of halogens is 1. The number of rotatable bonds is 6. The minimum absolute atomic E-state index is 0.0712. The van der Waals surface area contributed by atoms with Crippen molar-refractivity contribution < 1.29 is 9.47 Å². The van der Waals surface area contributed by atoms with Crippen molar-refractivity contribution >= 4 is 15.9 Å². The Balaban J connectivity index is 1.64. The van der Waals surface area contributed by atoms with Crippen LogP contribution in [-0.4, -0.2) is 30.8 Å². The monoisotopic (exact) mass is 276 g/mol. The molecular weight excluding hydrogens is 256 g/mol.